The molecule has 0 bridgehead atoms. The third kappa shape index (κ3) is 21.1. The number of hydrogen-bond donors (Lipinski definition) is 0. The van der Waals surface area contributed by atoms with Crippen molar-refractivity contribution in [1.82, 2.24) is 0 Å². The minimum atomic E-state index is 1.23. The SMILES string of the molecule is CCCCCCCCCCCCc1ccc2c(c1)sc1c2sc2c3ccc(CCCCCCCCCCCC)cc3sc21.CCCCCCCCCCCCc1ccc2c3c(sc2c1)-c1sc2cc(CCCCCCCCCCCC)ccc2c1SS3. The number of thiophene rings is 5. The molecule has 7 heteroatoms. The lowest BCUT2D eigenvalue weighted by Gasteiger charge is -2.11. The maximum absolute atomic E-state index is 2.51. The molecule has 474 valence electrons. The summed E-state index contributed by atoms with van der Waals surface area (Å²) in [4.78, 5) is 6.05. The van der Waals surface area contributed by atoms with Crippen molar-refractivity contribution in [3.05, 3.63) is 95.1 Å². The zero-order chi connectivity index (χ0) is 60.1. The number of fused-ring (bicyclic) bond motifs is 14. The first-order chi connectivity index (χ1) is 43.1. The molecule has 10 rings (SSSR count). The third-order valence-electron chi connectivity index (χ3n) is 18.9. The fraction of sp³-hybridized carbons (Fsp3) is 0.600. The quantitative estimate of drug-likeness (QED) is 0.0276. The third-order valence-corrected chi connectivity index (χ3v) is 28.2. The van der Waals surface area contributed by atoms with Gasteiger partial charge in [0, 0.05) is 50.1 Å². The van der Waals surface area contributed by atoms with E-state index in [1.165, 1.54) is 383 Å². The minimum absolute atomic E-state index is 1.23. The Hall–Kier alpha value is -2.36. The van der Waals surface area contributed by atoms with E-state index in [0.29, 0.717) is 0 Å². The Bertz CT molecular complexity index is 3150. The highest BCUT2D eigenvalue weighted by Gasteiger charge is 2.27. The Balaban J connectivity index is 0.000000208. The smallest absolute Gasteiger partial charge is 0.0642 e. The van der Waals surface area contributed by atoms with Crippen molar-refractivity contribution in [2.45, 2.75) is 320 Å². The summed E-state index contributed by atoms with van der Waals surface area (Å²) in [5.41, 5.74) is 6.12. The summed E-state index contributed by atoms with van der Waals surface area (Å²) in [6.45, 7) is 9.21. The molecule has 6 heterocycles. The molecule has 9 aromatic rings. The maximum Gasteiger partial charge on any atom is 0.0642 e. The maximum atomic E-state index is 2.51. The predicted octanol–water partition coefficient (Wildman–Crippen LogP) is 31.2. The van der Waals surface area contributed by atoms with Crippen LogP contribution in [0, 0.1) is 0 Å². The molecule has 1 aliphatic rings. The highest BCUT2D eigenvalue weighted by molar-refractivity contribution is 8.77. The molecule has 4 aromatic carbocycles. The van der Waals surface area contributed by atoms with Gasteiger partial charge in [-0.1, -0.05) is 329 Å². The lowest BCUT2D eigenvalue weighted by atomic mass is 10.0. The highest BCUT2D eigenvalue weighted by Crippen LogP contribution is 2.61. The highest BCUT2D eigenvalue weighted by atomic mass is 33.1. The first-order valence-electron chi connectivity index (χ1n) is 36.3. The fourth-order valence-electron chi connectivity index (χ4n) is 13.5. The monoisotopic (exact) mass is 1300 g/mol. The molecular weight excluding hydrogens is 1190 g/mol. The summed E-state index contributed by atoms with van der Waals surface area (Å²) in [6, 6.07) is 29.4. The van der Waals surface area contributed by atoms with E-state index in [1.54, 1.807) is 0 Å². The van der Waals surface area contributed by atoms with E-state index in [-0.39, 0.29) is 0 Å². The number of benzene rings is 4. The average Bonchev–Trinajstić information content (AvgIpc) is 1.71. The van der Waals surface area contributed by atoms with Gasteiger partial charge in [-0.2, -0.15) is 0 Å². The van der Waals surface area contributed by atoms with Crippen molar-refractivity contribution in [1.29, 1.82) is 0 Å². The van der Waals surface area contributed by atoms with E-state index in [1.807, 2.05) is 78.3 Å². The van der Waals surface area contributed by atoms with Gasteiger partial charge in [-0.25, -0.2) is 0 Å². The standard InChI is InChI=1S/C40H56S4.C40H56S3/c1-3-5-7-9-11-13-15-17-19-21-23-31-25-27-33-35(29-31)41-39-37(33)43-44-38-34-28-26-32(30-36(34)42-40(38)39)24-22-20-18-16-14-12-10-8-6-4-2;1-3-5-7-9-11-13-15-17-19-21-23-31-25-27-33-35(29-31)41-39-37(33)43-38-34-28-26-32(30-36(34)42-40(38)39)24-22-20-18-16-14-12-10-8-6-4-2/h25-30H,3-24H2,1-2H3;25-30H,3-24H2,1-2H3. The van der Waals surface area contributed by atoms with Crippen LogP contribution in [0.5, 0.6) is 0 Å². The Morgan fingerprint density at radius 1 is 0.218 bits per heavy atom. The summed E-state index contributed by atoms with van der Waals surface area (Å²) < 4.78 is 12.1. The van der Waals surface area contributed by atoms with Crippen LogP contribution in [0.15, 0.2) is 82.6 Å². The van der Waals surface area contributed by atoms with Gasteiger partial charge >= 0.3 is 0 Å². The van der Waals surface area contributed by atoms with Crippen molar-refractivity contribution in [3.63, 3.8) is 0 Å². The molecule has 1 aliphatic heterocycles. The molecule has 0 saturated carbocycles. The van der Waals surface area contributed by atoms with E-state index in [9.17, 15) is 0 Å². The van der Waals surface area contributed by atoms with Gasteiger partial charge in [0.15, 0.2) is 0 Å². The van der Waals surface area contributed by atoms with E-state index in [0.717, 1.165) is 0 Å². The van der Waals surface area contributed by atoms with E-state index < -0.39 is 0 Å². The fourth-order valence-corrected chi connectivity index (χ4v) is 24.0. The number of aryl methyl sites for hydroxylation is 4. The van der Waals surface area contributed by atoms with Crippen LogP contribution in [0.2, 0.25) is 0 Å². The van der Waals surface area contributed by atoms with Crippen molar-refractivity contribution in [2.75, 3.05) is 0 Å². The first-order valence-corrected chi connectivity index (χ1v) is 42.5. The van der Waals surface area contributed by atoms with E-state index >= 15 is 0 Å². The van der Waals surface area contributed by atoms with Gasteiger partial charge in [0.2, 0.25) is 0 Å². The van der Waals surface area contributed by atoms with Gasteiger partial charge in [0.1, 0.15) is 0 Å². The topological polar surface area (TPSA) is 0 Å². The zero-order valence-corrected chi connectivity index (χ0v) is 60.6. The van der Waals surface area contributed by atoms with Crippen LogP contribution in [0.1, 0.15) is 307 Å². The van der Waals surface area contributed by atoms with Crippen LogP contribution in [0.4, 0.5) is 0 Å². The van der Waals surface area contributed by atoms with Crippen LogP contribution in [0.3, 0.4) is 0 Å². The van der Waals surface area contributed by atoms with Gasteiger partial charge in [0.25, 0.3) is 0 Å². The molecule has 0 atom stereocenters. The van der Waals surface area contributed by atoms with E-state index in [2.05, 4.69) is 100 Å². The summed E-state index contributed by atoms with van der Waals surface area (Å²) in [5.74, 6) is 0. The van der Waals surface area contributed by atoms with Crippen LogP contribution in [-0.4, -0.2) is 0 Å². The summed E-state index contributed by atoms with van der Waals surface area (Å²) >= 11 is 10.2. The van der Waals surface area contributed by atoms with Crippen LogP contribution < -0.4 is 0 Å². The van der Waals surface area contributed by atoms with Crippen LogP contribution in [0.25, 0.3) is 68.9 Å². The second-order valence-corrected chi connectivity index (χ2v) is 33.7. The molecule has 0 fully saturated rings. The van der Waals surface area contributed by atoms with Crippen molar-refractivity contribution >= 4 is 137 Å². The average molecular weight is 1300 g/mol. The van der Waals surface area contributed by atoms with Gasteiger partial charge in [-0.05, 0) is 97.9 Å². The lowest BCUT2D eigenvalue weighted by molar-refractivity contribution is 0.556. The van der Waals surface area contributed by atoms with Gasteiger partial charge in [0.05, 0.1) is 28.6 Å². The van der Waals surface area contributed by atoms with Crippen molar-refractivity contribution < 1.29 is 0 Å². The van der Waals surface area contributed by atoms with Crippen molar-refractivity contribution in [2.24, 2.45) is 0 Å². The molecular formula is C80H112S7. The summed E-state index contributed by atoms with van der Waals surface area (Å²) in [5, 5.41) is 5.90. The normalized spacial score (nSPS) is 12.5. The number of hydrogen-bond acceptors (Lipinski definition) is 7. The minimum Gasteiger partial charge on any atom is -0.133 e. The Kier molecular flexibility index (Phi) is 31.1. The molecule has 0 unspecified atom stereocenters. The molecule has 0 N–H and O–H groups in total. The summed E-state index contributed by atoms with van der Waals surface area (Å²) in [7, 11) is 3.99. The molecule has 0 spiro atoms. The second kappa shape index (κ2) is 39.2. The molecule has 0 aliphatic carbocycles. The Morgan fingerprint density at radius 3 is 0.713 bits per heavy atom. The van der Waals surface area contributed by atoms with Crippen LogP contribution >= 0.6 is 78.3 Å². The number of rotatable bonds is 44. The molecule has 0 radical (unpaired) electrons. The molecule has 0 nitrogen and oxygen atoms in total. The largest absolute Gasteiger partial charge is 0.133 e. The second-order valence-electron chi connectivity index (χ2n) is 26.4. The molecule has 87 heavy (non-hydrogen) atoms. The predicted molar refractivity (Wildman–Crippen MR) is 407 cm³/mol. The molecule has 0 saturated heterocycles. The van der Waals surface area contributed by atoms with Crippen molar-refractivity contribution in [3.8, 4) is 9.75 Å². The van der Waals surface area contributed by atoms with Gasteiger partial charge in [-0.3, -0.25) is 0 Å². The van der Waals surface area contributed by atoms with Gasteiger partial charge in [-0.15, -0.1) is 56.7 Å². The Morgan fingerprint density at radius 2 is 0.448 bits per heavy atom. The lowest BCUT2D eigenvalue weighted by Crippen LogP contribution is -1.87. The molecule has 0 amide bonds. The van der Waals surface area contributed by atoms with Gasteiger partial charge < -0.3 is 0 Å². The zero-order valence-electron chi connectivity index (χ0n) is 54.9. The number of unbranched alkanes of at least 4 members (excludes halogenated alkanes) is 36. The van der Waals surface area contributed by atoms with Crippen LogP contribution in [-0.2, 0) is 25.7 Å². The first kappa shape index (κ1) is 69.0. The van der Waals surface area contributed by atoms with E-state index in [4.69, 9.17) is 0 Å². The molecule has 5 aromatic heterocycles. The Labute approximate surface area is 557 Å². The summed E-state index contributed by atoms with van der Waals surface area (Å²) in [6.07, 6.45) is 61.3.